The fourth-order valence-electron chi connectivity index (χ4n) is 3.19. The van der Waals surface area contributed by atoms with Gasteiger partial charge in [-0.05, 0) is 41.5 Å². The van der Waals surface area contributed by atoms with Crippen LogP contribution in [-0.2, 0) is 4.74 Å². The van der Waals surface area contributed by atoms with E-state index in [9.17, 15) is 4.79 Å². The first-order valence-electron chi connectivity index (χ1n) is 10.6. The van der Waals surface area contributed by atoms with Gasteiger partial charge < -0.3 is 18.9 Å². The number of ether oxygens (including phenoxy) is 4. The number of rotatable bonds is 11. The molecule has 0 spiro atoms. The van der Waals surface area contributed by atoms with E-state index < -0.39 is 0 Å². The largest absolute Gasteiger partial charge is 0.497 e. The lowest BCUT2D eigenvalue weighted by molar-refractivity contribution is 0.104. The predicted molar refractivity (Wildman–Crippen MR) is 132 cm³/mol. The van der Waals surface area contributed by atoms with Crippen LogP contribution in [0.25, 0.3) is 18.2 Å². The molecular weight excluding hydrogens is 416 g/mol. The lowest BCUT2D eigenvalue weighted by atomic mass is 10.0. The standard InChI is InChI=1S/C28H28O5/c1-30-17-18-33-24-13-10-21(11-14-24)9-12-23-19-25(31-2)20-28(32-3)26(23)15-16-27(29)22-7-5-4-6-8-22/h4-16,19-20H,17-18H2,1-3H3/b12-9+,16-15+. The molecule has 3 aromatic carbocycles. The number of hydrogen-bond acceptors (Lipinski definition) is 5. The van der Waals surface area contributed by atoms with Crippen molar-refractivity contribution in [2.24, 2.45) is 0 Å². The molecule has 0 bridgehead atoms. The van der Waals surface area contributed by atoms with Crippen molar-refractivity contribution in [3.8, 4) is 17.2 Å². The summed E-state index contributed by atoms with van der Waals surface area (Å²) in [4.78, 5) is 12.6. The minimum absolute atomic E-state index is 0.0764. The molecule has 0 amide bonds. The Morgan fingerprint density at radius 2 is 1.55 bits per heavy atom. The van der Waals surface area contributed by atoms with Crippen molar-refractivity contribution in [2.45, 2.75) is 0 Å². The highest BCUT2D eigenvalue weighted by Crippen LogP contribution is 2.31. The van der Waals surface area contributed by atoms with Crippen LogP contribution in [-0.4, -0.2) is 40.3 Å². The molecule has 0 atom stereocenters. The summed E-state index contributed by atoms with van der Waals surface area (Å²) in [5.41, 5.74) is 3.29. The van der Waals surface area contributed by atoms with E-state index in [2.05, 4.69) is 0 Å². The van der Waals surface area contributed by atoms with Crippen LogP contribution in [0.2, 0.25) is 0 Å². The van der Waals surface area contributed by atoms with Crippen LogP contribution in [0.1, 0.15) is 27.0 Å². The second kappa shape index (κ2) is 12.3. The molecule has 5 heteroatoms. The fourth-order valence-corrected chi connectivity index (χ4v) is 3.19. The van der Waals surface area contributed by atoms with E-state index in [1.54, 1.807) is 51.7 Å². The van der Waals surface area contributed by atoms with E-state index in [1.165, 1.54) is 0 Å². The average molecular weight is 445 g/mol. The maximum absolute atomic E-state index is 12.6. The molecule has 0 saturated heterocycles. The highest BCUT2D eigenvalue weighted by atomic mass is 16.5. The summed E-state index contributed by atoms with van der Waals surface area (Å²) in [6.45, 7) is 1.05. The second-order valence-corrected chi connectivity index (χ2v) is 7.14. The Kier molecular flexibility index (Phi) is 8.86. The van der Waals surface area contributed by atoms with Gasteiger partial charge in [-0.15, -0.1) is 0 Å². The van der Waals surface area contributed by atoms with Gasteiger partial charge in [0.25, 0.3) is 0 Å². The zero-order chi connectivity index (χ0) is 23.5. The molecule has 0 aliphatic carbocycles. The van der Waals surface area contributed by atoms with E-state index in [0.717, 1.165) is 22.4 Å². The van der Waals surface area contributed by atoms with Gasteiger partial charge in [-0.2, -0.15) is 0 Å². The number of carbonyl (C=O) groups is 1. The number of allylic oxidation sites excluding steroid dienone is 1. The van der Waals surface area contributed by atoms with Crippen molar-refractivity contribution < 1.29 is 23.7 Å². The Balaban J connectivity index is 1.87. The Bertz CT molecular complexity index is 1100. The third-order valence-corrected chi connectivity index (χ3v) is 4.95. The lowest BCUT2D eigenvalue weighted by Crippen LogP contribution is -2.03. The van der Waals surface area contributed by atoms with Crippen molar-refractivity contribution >= 4 is 24.0 Å². The van der Waals surface area contributed by atoms with E-state index in [1.807, 2.05) is 60.7 Å². The first kappa shape index (κ1) is 23.8. The summed E-state index contributed by atoms with van der Waals surface area (Å²) in [6, 6.07) is 20.7. The van der Waals surface area contributed by atoms with Gasteiger partial charge in [0.2, 0.25) is 0 Å². The molecule has 33 heavy (non-hydrogen) atoms. The van der Waals surface area contributed by atoms with Crippen LogP contribution in [0.15, 0.2) is 72.8 Å². The Hall–Kier alpha value is -3.83. The number of ketones is 1. The van der Waals surface area contributed by atoms with Gasteiger partial charge in [-0.1, -0.05) is 54.6 Å². The van der Waals surface area contributed by atoms with Gasteiger partial charge in [-0.25, -0.2) is 0 Å². The molecule has 0 aliphatic rings. The Labute approximate surface area is 194 Å². The normalized spacial score (nSPS) is 11.1. The number of carbonyl (C=O) groups excluding carboxylic acids is 1. The molecule has 0 saturated carbocycles. The van der Waals surface area contributed by atoms with Crippen molar-refractivity contribution in [1.29, 1.82) is 0 Å². The highest BCUT2D eigenvalue weighted by Gasteiger charge is 2.10. The monoisotopic (exact) mass is 444 g/mol. The van der Waals surface area contributed by atoms with Crippen molar-refractivity contribution in [2.75, 3.05) is 34.5 Å². The van der Waals surface area contributed by atoms with Crippen molar-refractivity contribution in [3.63, 3.8) is 0 Å². The van der Waals surface area contributed by atoms with Crippen molar-refractivity contribution in [3.05, 3.63) is 95.1 Å². The first-order valence-corrected chi connectivity index (χ1v) is 10.6. The highest BCUT2D eigenvalue weighted by molar-refractivity contribution is 6.07. The lowest BCUT2D eigenvalue weighted by Gasteiger charge is -2.11. The van der Waals surface area contributed by atoms with E-state index in [4.69, 9.17) is 18.9 Å². The van der Waals surface area contributed by atoms with Crippen LogP contribution in [0.5, 0.6) is 17.2 Å². The maximum atomic E-state index is 12.6. The van der Waals surface area contributed by atoms with Crippen LogP contribution in [0.4, 0.5) is 0 Å². The number of methoxy groups -OCH3 is 3. The molecular formula is C28H28O5. The fraction of sp³-hybridized carbons (Fsp3) is 0.179. The molecule has 0 aromatic heterocycles. The summed E-state index contributed by atoms with van der Waals surface area (Å²) < 4.78 is 21.6. The third-order valence-electron chi connectivity index (χ3n) is 4.95. The molecule has 170 valence electrons. The number of hydrogen-bond donors (Lipinski definition) is 0. The van der Waals surface area contributed by atoms with Gasteiger partial charge in [0, 0.05) is 24.3 Å². The first-order chi connectivity index (χ1) is 16.1. The predicted octanol–water partition coefficient (Wildman–Crippen LogP) is 5.80. The molecule has 0 N–H and O–H groups in total. The molecule has 0 heterocycles. The van der Waals surface area contributed by atoms with Crippen molar-refractivity contribution in [1.82, 2.24) is 0 Å². The Morgan fingerprint density at radius 3 is 2.21 bits per heavy atom. The van der Waals surface area contributed by atoms with Crippen LogP contribution in [0, 0.1) is 0 Å². The minimum atomic E-state index is -0.0764. The SMILES string of the molecule is COCCOc1ccc(/C=C/c2cc(OC)cc(OC)c2/C=C/C(=O)c2ccccc2)cc1. The van der Waals surface area contributed by atoms with Crippen LogP contribution >= 0.6 is 0 Å². The zero-order valence-electron chi connectivity index (χ0n) is 19.1. The number of benzene rings is 3. The molecule has 0 unspecified atom stereocenters. The van der Waals surface area contributed by atoms with Gasteiger partial charge in [0.1, 0.15) is 23.9 Å². The van der Waals surface area contributed by atoms with Crippen LogP contribution in [0.3, 0.4) is 0 Å². The quantitative estimate of drug-likeness (QED) is 0.162. The topological polar surface area (TPSA) is 54.0 Å². The third kappa shape index (κ3) is 6.82. The summed E-state index contributed by atoms with van der Waals surface area (Å²) in [5.74, 6) is 2.00. The molecule has 3 aromatic rings. The smallest absolute Gasteiger partial charge is 0.185 e. The van der Waals surface area contributed by atoms with E-state index >= 15 is 0 Å². The maximum Gasteiger partial charge on any atom is 0.185 e. The van der Waals surface area contributed by atoms with Gasteiger partial charge in [-0.3, -0.25) is 4.79 Å². The van der Waals surface area contributed by atoms with E-state index in [-0.39, 0.29) is 5.78 Å². The summed E-state index contributed by atoms with van der Waals surface area (Å²) >= 11 is 0. The molecule has 0 radical (unpaired) electrons. The zero-order valence-corrected chi connectivity index (χ0v) is 19.1. The second-order valence-electron chi connectivity index (χ2n) is 7.14. The average Bonchev–Trinajstić information content (AvgIpc) is 2.87. The summed E-state index contributed by atoms with van der Waals surface area (Å²) in [6.07, 6.45) is 7.30. The molecule has 3 rings (SSSR count). The molecule has 0 fully saturated rings. The molecule has 5 nitrogen and oxygen atoms in total. The molecule has 0 aliphatic heterocycles. The van der Waals surface area contributed by atoms with Gasteiger partial charge >= 0.3 is 0 Å². The van der Waals surface area contributed by atoms with Crippen LogP contribution < -0.4 is 14.2 Å². The van der Waals surface area contributed by atoms with Gasteiger partial charge in [0.15, 0.2) is 5.78 Å². The Morgan fingerprint density at radius 1 is 0.788 bits per heavy atom. The summed E-state index contributed by atoms with van der Waals surface area (Å²) in [7, 11) is 4.85. The van der Waals surface area contributed by atoms with E-state index in [0.29, 0.717) is 30.3 Å². The summed E-state index contributed by atoms with van der Waals surface area (Å²) in [5, 5.41) is 0. The van der Waals surface area contributed by atoms with Gasteiger partial charge in [0.05, 0.1) is 20.8 Å². The minimum Gasteiger partial charge on any atom is -0.497 e.